The summed E-state index contributed by atoms with van der Waals surface area (Å²) in [6, 6.07) is 11.2. The van der Waals surface area contributed by atoms with E-state index in [0.717, 1.165) is 11.3 Å². The first-order valence-corrected chi connectivity index (χ1v) is 6.12. The Labute approximate surface area is 109 Å². The molecule has 0 bridgehead atoms. The summed E-state index contributed by atoms with van der Waals surface area (Å²) in [6.07, 6.45) is 0.676. The Bertz CT molecular complexity index is 560. The molecule has 2 rings (SSSR count). The third kappa shape index (κ3) is 3.11. The normalized spacial score (nSPS) is 10.5. The van der Waals surface area contributed by atoms with Crippen LogP contribution in [0.3, 0.4) is 0 Å². The van der Waals surface area contributed by atoms with E-state index in [9.17, 15) is 4.79 Å². The summed E-state index contributed by atoms with van der Waals surface area (Å²) in [5.41, 5.74) is 2.44. The van der Waals surface area contributed by atoms with Gasteiger partial charge in [-0.15, -0.1) is 11.6 Å². The zero-order chi connectivity index (χ0) is 12.3. The average molecular weight is 268 g/mol. The Hall–Kier alpha value is -1.25. The van der Waals surface area contributed by atoms with Crippen LogP contribution in [0.2, 0.25) is 5.02 Å². The van der Waals surface area contributed by atoms with Crippen molar-refractivity contribution in [2.45, 2.75) is 12.3 Å². The molecule has 1 aromatic carbocycles. The molecule has 4 heteroatoms. The topological polar surface area (TPSA) is 32.9 Å². The first-order valence-electron chi connectivity index (χ1n) is 5.20. The summed E-state index contributed by atoms with van der Waals surface area (Å²) in [7, 11) is 0. The van der Waals surface area contributed by atoms with Crippen molar-refractivity contribution in [3.8, 4) is 0 Å². The minimum Gasteiger partial charge on any atom is -0.326 e. The van der Waals surface area contributed by atoms with Gasteiger partial charge in [-0.2, -0.15) is 0 Å². The van der Waals surface area contributed by atoms with Crippen LogP contribution in [0.15, 0.2) is 41.2 Å². The highest BCUT2D eigenvalue weighted by Crippen LogP contribution is 2.12. The molecule has 17 heavy (non-hydrogen) atoms. The molecular weight excluding hydrogens is 257 g/mol. The number of nitrogens with one attached hydrogen (secondary N) is 1. The lowest BCUT2D eigenvalue weighted by Crippen LogP contribution is -2.13. The van der Waals surface area contributed by atoms with Crippen molar-refractivity contribution in [1.29, 1.82) is 0 Å². The van der Waals surface area contributed by atoms with E-state index >= 15 is 0 Å². The van der Waals surface area contributed by atoms with Gasteiger partial charge in [0, 0.05) is 22.7 Å². The Balaban J connectivity index is 2.22. The van der Waals surface area contributed by atoms with Crippen molar-refractivity contribution in [3.63, 3.8) is 0 Å². The van der Waals surface area contributed by atoms with Crippen LogP contribution in [-0.4, -0.2) is 4.98 Å². The van der Waals surface area contributed by atoms with Crippen molar-refractivity contribution in [2.75, 3.05) is 0 Å². The fourth-order valence-corrected chi connectivity index (χ4v) is 1.91. The van der Waals surface area contributed by atoms with Crippen molar-refractivity contribution < 1.29 is 0 Å². The monoisotopic (exact) mass is 267 g/mol. The molecule has 88 valence electrons. The van der Waals surface area contributed by atoms with Gasteiger partial charge in [0.2, 0.25) is 0 Å². The van der Waals surface area contributed by atoms with Gasteiger partial charge in [0.25, 0.3) is 5.56 Å². The Morgan fingerprint density at radius 1 is 1.06 bits per heavy atom. The van der Waals surface area contributed by atoms with E-state index < -0.39 is 0 Å². The molecular formula is C13H11Cl2NO. The minimum absolute atomic E-state index is 0.119. The highest BCUT2D eigenvalue weighted by atomic mass is 35.5. The predicted octanol–water partition coefficient (Wildman–Crippen LogP) is 3.36. The van der Waals surface area contributed by atoms with Gasteiger partial charge in [-0.3, -0.25) is 4.79 Å². The van der Waals surface area contributed by atoms with Crippen molar-refractivity contribution in [1.82, 2.24) is 4.98 Å². The Kier molecular flexibility index (Phi) is 3.87. The van der Waals surface area contributed by atoms with Gasteiger partial charge in [-0.05, 0) is 23.8 Å². The molecule has 0 aliphatic rings. The van der Waals surface area contributed by atoms with Crippen LogP contribution in [0.5, 0.6) is 0 Å². The Morgan fingerprint density at radius 2 is 1.76 bits per heavy atom. The van der Waals surface area contributed by atoms with Crippen molar-refractivity contribution in [2.24, 2.45) is 0 Å². The van der Waals surface area contributed by atoms with Crippen molar-refractivity contribution >= 4 is 23.2 Å². The zero-order valence-electron chi connectivity index (χ0n) is 9.04. The summed E-state index contributed by atoms with van der Waals surface area (Å²) in [4.78, 5) is 14.4. The summed E-state index contributed by atoms with van der Waals surface area (Å²) < 4.78 is 0. The maximum Gasteiger partial charge on any atom is 0.252 e. The van der Waals surface area contributed by atoms with E-state index in [1.165, 1.54) is 0 Å². The third-order valence-electron chi connectivity index (χ3n) is 2.50. The molecule has 2 nitrogen and oxygen atoms in total. The number of rotatable bonds is 3. The number of alkyl halides is 1. The summed E-state index contributed by atoms with van der Waals surface area (Å²) in [5, 5.41) is 0.708. The third-order valence-corrected chi connectivity index (χ3v) is 3.04. The number of hydrogen-bond acceptors (Lipinski definition) is 1. The lowest BCUT2D eigenvalue weighted by Gasteiger charge is -2.03. The van der Waals surface area contributed by atoms with E-state index in [-0.39, 0.29) is 11.4 Å². The fraction of sp³-hybridized carbons (Fsp3) is 0.154. The Morgan fingerprint density at radius 3 is 2.35 bits per heavy atom. The molecule has 2 aromatic rings. The first kappa shape index (κ1) is 12.2. The van der Waals surface area contributed by atoms with E-state index in [2.05, 4.69) is 4.98 Å². The van der Waals surface area contributed by atoms with Crippen LogP contribution >= 0.6 is 23.2 Å². The standard InChI is InChI=1S/C13H11Cl2NO/c14-8-10-3-6-12(16-13(10)17)7-9-1-4-11(15)5-2-9/h1-6H,7-8H2,(H,16,17). The summed E-state index contributed by atoms with van der Waals surface area (Å²) >= 11 is 11.4. The van der Waals surface area contributed by atoms with Gasteiger partial charge >= 0.3 is 0 Å². The number of hydrogen-bond donors (Lipinski definition) is 1. The maximum atomic E-state index is 11.6. The molecule has 0 saturated carbocycles. The predicted molar refractivity (Wildman–Crippen MR) is 70.9 cm³/mol. The number of aromatic amines is 1. The number of benzene rings is 1. The lowest BCUT2D eigenvalue weighted by molar-refractivity contribution is 1.02. The highest BCUT2D eigenvalue weighted by molar-refractivity contribution is 6.30. The number of pyridine rings is 1. The molecule has 0 aliphatic carbocycles. The van der Waals surface area contributed by atoms with Gasteiger partial charge < -0.3 is 4.98 Å². The van der Waals surface area contributed by atoms with Crippen LogP contribution in [0.4, 0.5) is 0 Å². The number of halogens is 2. The largest absolute Gasteiger partial charge is 0.326 e. The van der Waals surface area contributed by atoms with Crippen LogP contribution in [0.1, 0.15) is 16.8 Å². The molecule has 0 atom stereocenters. The summed E-state index contributed by atoms with van der Waals surface area (Å²) in [5.74, 6) is 0.233. The molecule has 0 radical (unpaired) electrons. The van der Waals surface area contributed by atoms with Crippen LogP contribution in [-0.2, 0) is 12.3 Å². The van der Waals surface area contributed by atoms with Crippen LogP contribution in [0.25, 0.3) is 0 Å². The molecule has 0 aliphatic heterocycles. The zero-order valence-corrected chi connectivity index (χ0v) is 10.6. The first-order chi connectivity index (χ1) is 8.19. The fourth-order valence-electron chi connectivity index (χ4n) is 1.58. The van der Waals surface area contributed by atoms with Gasteiger partial charge in [0.1, 0.15) is 0 Å². The van der Waals surface area contributed by atoms with Crippen LogP contribution < -0.4 is 5.56 Å². The lowest BCUT2D eigenvalue weighted by atomic mass is 10.1. The molecule has 0 spiro atoms. The van der Waals surface area contributed by atoms with Gasteiger partial charge in [0.15, 0.2) is 0 Å². The molecule has 1 N–H and O–H groups in total. The van der Waals surface area contributed by atoms with Gasteiger partial charge in [0.05, 0.1) is 5.88 Å². The molecule has 0 saturated heterocycles. The molecule has 0 fully saturated rings. The molecule has 0 amide bonds. The quantitative estimate of drug-likeness (QED) is 0.851. The molecule has 1 aromatic heterocycles. The highest BCUT2D eigenvalue weighted by Gasteiger charge is 2.01. The smallest absolute Gasteiger partial charge is 0.252 e. The van der Waals surface area contributed by atoms with E-state index in [0.29, 0.717) is 17.0 Å². The van der Waals surface area contributed by atoms with E-state index in [4.69, 9.17) is 23.2 Å². The van der Waals surface area contributed by atoms with Crippen molar-refractivity contribution in [3.05, 3.63) is 68.6 Å². The second kappa shape index (κ2) is 5.39. The van der Waals surface area contributed by atoms with E-state index in [1.807, 2.05) is 30.3 Å². The number of aromatic nitrogens is 1. The molecule has 0 unspecified atom stereocenters. The average Bonchev–Trinajstić information content (AvgIpc) is 2.32. The maximum absolute atomic E-state index is 11.6. The minimum atomic E-state index is -0.119. The van der Waals surface area contributed by atoms with E-state index in [1.54, 1.807) is 6.07 Å². The van der Waals surface area contributed by atoms with Gasteiger partial charge in [-0.1, -0.05) is 29.8 Å². The van der Waals surface area contributed by atoms with Gasteiger partial charge in [-0.25, -0.2) is 0 Å². The SMILES string of the molecule is O=c1[nH]c(Cc2ccc(Cl)cc2)ccc1CCl. The number of H-pyrrole nitrogens is 1. The molecule has 1 heterocycles. The second-order valence-electron chi connectivity index (χ2n) is 3.77. The second-order valence-corrected chi connectivity index (χ2v) is 4.48. The van der Waals surface area contributed by atoms with Crippen LogP contribution in [0, 0.1) is 0 Å². The summed E-state index contributed by atoms with van der Waals surface area (Å²) in [6.45, 7) is 0.